The summed E-state index contributed by atoms with van der Waals surface area (Å²) in [7, 11) is 1.12. The van der Waals surface area contributed by atoms with Crippen LogP contribution in [0.15, 0.2) is 40.8 Å². The highest BCUT2D eigenvalue weighted by molar-refractivity contribution is 8.68. The molecule has 0 spiro atoms. The van der Waals surface area contributed by atoms with Crippen LogP contribution in [0.4, 0.5) is 0 Å². The van der Waals surface area contributed by atoms with Crippen molar-refractivity contribution in [2.45, 2.75) is 31.8 Å². The predicted octanol–water partition coefficient (Wildman–Crippen LogP) is 3.80. The molecule has 102 valence electrons. The van der Waals surface area contributed by atoms with Crippen molar-refractivity contribution in [1.29, 1.82) is 0 Å². The van der Waals surface area contributed by atoms with Gasteiger partial charge < -0.3 is 4.98 Å². The summed E-state index contributed by atoms with van der Waals surface area (Å²) in [5.41, 5.74) is 3.23. The van der Waals surface area contributed by atoms with Crippen molar-refractivity contribution in [3.63, 3.8) is 0 Å². The first-order valence-electron chi connectivity index (χ1n) is 6.13. The van der Waals surface area contributed by atoms with E-state index in [9.17, 15) is 4.79 Å². The third-order valence-corrected chi connectivity index (χ3v) is 3.56. The van der Waals surface area contributed by atoms with Gasteiger partial charge in [0.2, 0.25) is 0 Å². The van der Waals surface area contributed by atoms with Crippen molar-refractivity contribution >= 4 is 28.0 Å². The Kier molecular flexibility index (Phi) is 6.18. The van der Waals surface area contributed by atoms with E-state index in [0.29, 0.717) is 17.3 Å². The Hall–Kier alpha value is -1.20. The van der Waals surface area contributed by atoms with Gasteiger partial charge in [0, 0.05) is 11.1 Å². The zero-order valence-electron chi connectivity index (χ0n) is 11.2. The molecule has 5 heteroatoms. The molecule has 0 aliphatic heterocycles. The molecule has 1 aliphatic rings. The van der Waals surface area contributed by atoms with E-state index in [1.54, 1.807) is 6.08 Å². The summed E-state index contributed by atoms with van der Waals surface area (Å²) in [5.74, 6) is 0. The molecule has 0 saturated heterocycles. The van der Waals surface area contributed by atoms with Crippen molar-refractivity contribution in [3.05, 3.63) is 52.5 Å². The van der Waals surface area contributed by atoms with E-state index in [-0.39, 0.29) is 5.56 Å². The van der Waals surface area contributed by atoms with Gasteiger partial charge in [0.1, 0.15) is 0 Å². The molecule has 3 nitrogen and oxygen atoms in total. The average Bonchev–Trinajstić information content (AvgIpc) is 2.44. The van der Waals surface area contributed by atoms with Crippen LogP contribution in [0.5, 0.6) is 0 Å². The Morgan fingerprint density at radius 3 is 2.68 bits per heavy atom. The number of nitrogens with one attached hydrogen (secondary N) is 1. The van der Waals surface area contributed by atoms with Crippen LogP contribution in [0.2, 0.25) is 0 Å². The number of hydrogen-bond acceptors (Lipinski definition) is 4. The molecular formula is C14H18N2OS2. The van der Waals surface area contributed by atoms with Gasteiger partial charge in [-0.2, -0.15) is 0 Å². The number of aromatic nitrogens is 2. The zero-order chi connectivity index (χ0) is 14.4. The van der Waals surface area contributed by atoms with Gasteiger partial charge in [-0.1, -0.05) is 39.2 Å². The lowest BCUT2D eigenvalue weighted by molar-refractivity contribution is 0.830. The highest BCUT2D eigenvalue weighted by Crippen LogP contribution is 2.32. The summed E-state index contributed by atoms with van der Waals surface area (Å²) >= 11 is 4.05. The maximum Gasteiger partial charge on any atom is 0.255 e. The molecule has 1 aliphatic carbocycles. The highest BCUT2D eigenvalue weighted by atomic mass is 33.1. The second-order valence-electron chi connectivity index (χ2n) is 3.71. The fraction of sp³-hybridized carbons (Fsp3) is 0.286. The van der Waals surface area contributed by atoms with E-state index in [1.165, 1.54) is 0 Å². The molecule has 1 aromatic heterocycles. The first-order chi connectivity index (χ1) is 9.17. The molecular weight excluding hydrogens is 276 g/mol. The standard InChI is InChI=1S/C12H12N2OS2.C2H6/c1-3-4-8-7(2)5-6-9-10(8)13-12(17-16)14-11(9)15;1-2/h3-4,16H,1-2,5-6H2,(H,13,14,15);1-2H3/b8-4+;. The topological polar surface area (TPSA) is 45.8 Å². The van der Waals surface area contributed by atoms with Gasteiger partial charge in [-0.3, -0.25) is 4.79 Å². The Labute approximate surface area is 122 Å². The van der Waals surface area contributed by atoms with Gasteiger partial charge in [-0.15, -0.1) is 11.7 Å². The van der Waals surface area contributed by atoms with E-state index in [2.05, 4.69) is 34.8 Å². The first-order valence-corrected chi connectivity index (χ1v) is 8.00. The number of rotatable bonds is 2. The summed E-state index contributed by atoms with van der Waals surface area (Å²) in [6, 6.07) is 0. The van der Waals surface area contributed by atoms with E-state index < -0.39 is 0 Å². The van der Waals surface area contributed by atoms with Crippen molar-refractivity contribution in [1.82, 2.24) is 9.97 Å². The van der Waals surface area contributed by atoms with Crippen LogP contribution in [0.1, 0.15) is 31.5 Å². The molecule has 0 fully saturated rings. The van der Waals surface area contributed by atoms with E-state index in [1.807, 2.05) is 19.9 Å². The van der Waals surface area contributed by atoms with E-state index in [4.69, 9.17) is 0 Å². The minimum atomic E-state index is -0.0889. The van der Waals surface area contributed by atoms with Crippen molar-refractivity contribution in [2.75, 3.05) is 0 Å². The number of aromatic amines is 1. The van der Waals surface area contributed by atoms with E-state index >= 15 is 0 Å². The third-order valence-electron chi connectivity index (χ3n) is 2.68. The van der Waals surface area contributed by atoms with Gasteiger partial charge in [-0.25, -0.2) is 4.98 Å². The molecule has 0 radical (unpaired) electrons. The number of allylic oxidation sites excluding steroid dienone is 4. The predicted molar refractivity (Wildman–Crippen MR) is 86.7 cm³/mol. The summed E-state index contributed by atoms with van der Waals surface area (Å²) in [6.45, 7) is 11.7. The molecule has 0 aromatic carbocycles. The second-order valence-corrected chi connectivity index (χ2v) is 4.83. The Morgan fingerprint density at radius 2 is 2.11 bits per heavy atom. The number of thiol groups is 1. The monoisotopic (exact) mass is 294 g/mol. The molecule has 1 heterocycles. The third kappa shape index (κ3) is 3.42. The Morgan fingerprint density at radius 1 is 1.42 bits per heavy atom. The normalized spacial score (nSPS) is 15.5. The van der Waals surface area contributed by atoms with Gasteiger partial charge in [0.25, 0.3) is 5.56 Å². The van der Waals surface area contributed by atoms with Crippen LogP contribution in [0.3, 0.4) is 0 Å². The quantitative estimate of drug-likeness (QED) is 0.495. The van der Waals surface area contributed by atoms with Crippen LogP contribution >= 0.6 is 22.5 Å². The minimum absolute atomic E-state index is 0.0889. The molecule has 0 amide bonds. The van der Waals surface area contributed by atoms with Gasteiger partial charge in [0.05, 0.1) is 5.69 Å². The van der Waals surface area contributed by atoms with Gasteiger partial charge in [-0.05, 0) is 29.2 Å². The molecule has 0 saturated carbocycles. The maximum atomic E-state index is 11.9. The Balaban J connectivity index is 0.000000861. The Bertz CT molecular complexity index is 573. The second kappa shape index (κ2) is 7.40. The molecule has 0 unspecified atom stereocenters. The highest BCUT2D eigenvalue weighted by Gasteiger charge is 2.21. The van der Waals surface area contributed by atoms with Crippen LogP contribution in [0.25, 0.3) is 5.57 Å². The smallest absolute Gasteiger partial charge is 0.255 e. The minimum Gasteiger partial charge on any atom is -0.301 e. The summed E-state index contributed by atoms with van der Waals surface area (Å²) in [4.78, 5) is 19.0. The molecule has 0 atom stereocenters. The van der Waals surface area contributed by atoms with Gasteiger partial charge in [0.15, 0.2) is 5.16 Å². The SMILES string of the molecule is C=C/C=C1\C(=C)CCc2c1nc(SS)[nH]c2=O.CC. The number of hydrogen-bond donors (Lipinski definition) is 2. The first kappa shape index (κ1) is 15.9. The zero-order valence-corrected chi connectivity index (χ0v) is 12.9. The lowest BCUT2D eigenvalue weighted by Gasteiger charge is -2.19. The maximum absolute atomic E-state index is 11.9. The summed E-state index contributed by atoms with van der Waals surface area (Å²) < 4.78 is 0. The van der Waals surface area contributed by atoms with Crippen molar-refractivity contribution in [3.8, 4) is 0 Å². The van der Waals surface area contributed by atoms with Crippen LogP contribution < -0.4 is 5.56 Å². The number of H-pyrrole nitrogens is 1. The molecule has 19 heavy (non-hydrogen) atoms. The fourth-order valence-corrected chi connectivity index (χ4v) is 2.40. The van der Waals surface area contributed by atoms with Crippen LogP contribution in [0, 0.1) is 0 Å². The molecule has 0 bridgehead atoms. The molecule has 2 rings (SSSR count). The van der Waals surface area contributed by atoms with Crippen LogP contribution in [-0.4, -0.2) is 9.97 Å². The summed E-state index contributed by atoms with van der Waals surface area (Å²) in [5, 5.41) is 0.502. The molecule has 1 aromatic rings. The molecule has 1 N–H and O–H groups in total. The largest absolute Gasteiger partial charge is 0.301 e. The number of fused-ring (bicyclic) bond motifs is 1. The summed E-state index contributed by atoms with van der Waals surface area (Å²) in [6.07, 6.45) is 5.00. The lowest BCUT2D eigenvalue weighted by Crippen LogP contribution is -2.21. The van der Waals surface area contributed by atoms with Crippen LogP contribution in [-0.2, 0) is 6.42 Å². The van der Waals surface area contributed by atoms with Crippen molar-refractivity contribution < 1.29 is 0 Å². The number of nitrogens with zero attached hydrogens (tertiary/aromatic N) is 1. The van der Waals surface area contributed by atoms with Crippen molar-refractivity contribution in [2.24, 2.45) is 0 Å². The average molecular weight is 294 g/mol. The lowest BCUT2D eigenvalue weighted by atomic mass is 9.88. The van der Waals surface area contributed by atoms with E-state index in [0.717, 1.165) is 33.9 Å². The fourth-order valence-electron chi connectivity index (χ4n) is 1.87. The van der Waals surface area contributed by atoms with Gasteiger partial charge >= 0.3 is 0 Å².